The van der Waals surface area contributed by atoms with Gasteiger partial charge in [0.25, 0.3) is 0 Å². The van der Waals surface area contributed by atoms with Crippen LogP contribution in [0.3, 0.4) is 0 Å². The third kappa shape index (κ3) is 3.69. The highest BCUT2D eigenvalue weighted by atomic mass is 19.4. The van der Waals surface area contributed by atoms with E-state index in [0.29, 0.717) is 24.2 Å². The average molecular weight is 347 g/mol. The number of halogens is 5. The molecular weight excluding hydrogens is 333 g/mol. The first-order valence-electron chi connectivity index (χ1n) is 7.31. The van der Waals surface area contributed by atoms with Crippen LogP contribution in [0.5, 0.6) is 0 Å². The Balaban J connectivity index is 1.68. The molecule has 1 aromatic heterocycles. The molecule has 0 amide bonds. The number of hydrogen-bond acceptors (Lipinski definition) is 4. The molecule has 0 aliphatic carbocycles. The molecule has 1 aliphatic rings. The van der Waals surface area contributed by atoms with Gasteiger partial charge >= 0.3 is 6.18 Å². The molecule has 130 valence electrons. The van der Waals surface area contributed by atoms with Crippen molar-refractivity contribution in [3.8, 4) is 0 Å². The first-order chi connectivity index (χ1) is 11.3. The van der Waals surface area contributed by atoms with Crippen LogP contribution in [-0.2, 0) is 13.1 Å². The minimum Gasteiger partial charge on any atom is -0.295 e. The lowest BCUT2D eigenvalue weighted by atomic mass is 9.97. The van der Waals surface area contributed by atoms with Crippen LogP contribution in [0, 0.1) is 11.6 Å². The van der Waals surface area contributed by atoms with Gasteiger partial charge in [0.05, 0.1) is 6.54 Å². The number of tetrazole rings is 1. The number of likely N-dealkylation sites (tertiary alicyclic amines) is 1. The fourth-order valence-corrected chi connectivity index (χ4v) is 2.94. The van der Waals surface area contributed by atoms with E-state index in [1.54, 1.807) is 4.90 Å². The normalized spacial score (nSPS) is 19.1. The van der Waals surface area contributed by atoms with Crippen LogP contribution in [0.25, 0.3) is 0 Å². The van der Waals surface area contributed by atoms with Gasteiger partial charge in [-0.15, -0.1) is 5.10 Å². The summed E-state index contributed by atoms with van der Waals surface area (Å²) in [5.41, 5.74) is 0.0230. The van der Waals surface area contributed by atoms with Crippen molar-refractivity contribution < 1.29 is 22.0 Å². The Morgan fingerprint density at radius 3 is 2.54 bits per heavy atom. The van der Waals surface area contributed by atoms with Crippen LogP contribution >= 0.6 is 0 Å². The van der Waals surface area contributed by atoms with E-state index in [9.17, 15) is 22.0 Å². The molecule has 3 rings (SSSR count). The van der Waals surface area contributed by atoms with Crippen molar-refractivity contribution in [2.24, 2.45) is 0 Å². The first kappa shape index (κ1) is 16.7. The third-order valence-corrected chi connectivity index (χ3v) is 3.98. The van der Waals surface area contributed by atoms with Crippen LogP contribution < -0.4 is 0 Å². The Bertz CT molecular complexity index is 694. The number of aromatic nitrogens is 4. The summed E-state index contributed by atoms with van der Waals surface area (Å²) in [7, 11) is 0. The second-order valence-corrected chi connectivity index (χ2v) is 5.72. The summed E-state index contributed by atoms with van der Waals surface area (Å²) in [6.45, 7) is -0.349. The standard InChI is InChI=1S/C14H14F5N5/c15-10-2-1-3-11(16)13(10)9-4-5-23(6-9)7-12-20-21-22-24(12)8-14(17,18)19/h1-3,9H,4-8H2. The van der Waals surface area contributed by atoms with Gasteiger partial charge in [0.2, 0.25) is 0 Å². The lowest BCUT2D eigenvalue weighted by Gasteiger charge is -2.16. The molecule has 2 aromatic rings. The molecule has 1 fully saturated rings. The van der Waals surface area contributed by atoms with Crippen molar-refractivity contribution in [3.63, 3.8) is 0 Å². The van der Waals surface area contributed by atoms with Crippen molar-refractivity contribution in [2.75, 3.05) is 13.1 Å². The Morgan fingerprint density at radius 1 is 1.17 bits per heavy atom. The molecule has 1 unspecified atom stereocenters. The smallest absolute Gasteiger partial charge is 0.295 e. The number of hydrogen-bond donors (Lipinski definition) is 0. The van der Waals surface area contributed by atoms with Gasteiger partial charge in [-0.1, -0.05) is 6.07 Å². The van der Waals surface area contributed by atoms with Gasteiger partial charge in [-0.3, -0.25) is 4.90 Å². The molecular formula is C14H14F5N5. The topological polar surface area (TPSA) is 46.8 Å². The van der Waals surface area contributed by atoms with Gasteiger partial charge in [0.15, 0.2) is 5.82 Å². The molecule has 0 spiro atoms. The minimum atomic E-state index is -4.42. The third-order valence-electron chi connectivity index (χ3n) is 3.98. The summed E-state index contributed by atoms with van der Waals surface area (Å²) in [6, 6.07) is 3.70. The molecule has 5 nitrogen and oxygen atoms in total. The quantitative estimate of drug-likeness (QED) is 0.798. The van der Waals surface area contributed by atoms with Gasteiger partial charge in [-0.25, -0.2) is 13.5 Å². The van der Waals surface area contributed by atoms with Crippen LogP contribution in [-0.4, -0.2) is 44.4 Å². The fraction of sp³-hybridized carbons (Fsp3) is 0.500. The molecule has 1 aliphatic heterocycles. The maximum Gasteiger partial charge on any atom is 0.408 e. The number of rotatable bonds is 4. The molecule has 2 heterocycles. The zero-order chi connectivity index (χ0) is 17.3. The lowest BCUT2D eigenvalue weighted by Crippen LogP contribution is -2.26. The van der Waals surface area contributed by atoms with E-state index in [1.165, 1.54) is 18.2 Å². The summed E-state index contributed by atoms with van der Waals surface area (Å²) >= 11 is 0. The van der Waals surface area contributed by atoms with Crippen molar-refractivity contribution in [1.82, 2.24) is 25.1 Å². The summed E-state index contributed by atoms with van der Waals surface area (Å²) in [5.74, 6) is -1.49. The molecule has 1 aromatic carbocycles. The SMILES string of the molecule is Fc1cccc(F)c1C1CCN(Cc2nnnn2CC(F)(F)F)C1. The maximum atomic E-state index is 13.8. The summed E-state index contributed by atoms with van der Waals surface area (Å²) in [6.07, 6.45) is -3.91. The Labute approximate surface area is 134 Å². The van der Waals surface area contributed by atoms with Crippen molar-refractivity contribution >= 4 is 0 Å². The predicted octanol–water partition coefficient (Wildman–Crippen LogP) is 2.50. The molecule has 0 N–H and O–H groups in total. The average Bonchev–Trinajstić information content (AvgIpc) is 3.08. The molecule has 24 heavy (non-hydrogen) atoms. The number of benzene rings is 1. The lowest BCUT2D eigenvalue weighted by molar-refractivity contribution is -0.143. The highest BCUT2D eigenvalue weighted by molar-refractivity contribution is 5.25. The monoisotopic (exact) mass is 347 g/mol. The Morgan fingerprint density at radius 2 is 1.88 bits per heavy atom. The second-order valence-electron chi connectivity index (χ2n) is 5.72. The summed E-state index contributed by atoms with van der Waals surface area (Å²) in [5, 5.41) is 10.2. The van der Waals surface area contributed by atoms with E-state index in [0.717, 1.165) is 0 Å². The van der Waals surface area contributed by atoms with Crippen LogP contribution in [0.2, 0.25) is 0 Å². The predicted molar refractivity (Wildman–Crippen MR) is 72.9 cm³/mol. The summed E-state index contributed by atoms with van der Waals surface area (Å²) < 4.78 is 65.8. The van der Waals surface area contributed by atoms with Crippen molar-refractivity contribution in [3.05, 3.63) is 41.2 Å². The molecule has 0 radical (unpaired) electrons. The van der Waals surface area contributed by atoms with Crippen LogP contribution in [0.4, 0.5) is 22.0 Å². The van der Waals surface area contributed by atoms with E-state index >= 15 is 0 Å². The zero-order valence-electron chi connectivity index (χ0n) is 12.5. The minimum absolute atomic E-state index is 0.0230. The van der Waals surface area contributed by atoms with E-state index in [-0.39, 0.29) is 23.9 Å². The van der Waals surface area contributed by atoms with Crippen LogP contribution in [0.1, 0.15) is 23.7 Å². The van der Waals surface area contributed by atoms with E-state index in [4.69, 9.17) is 0 Å². The Kier molecular flexibility index (Phi) is 4.48. The van der Waals surface area contributed by atoms with Gasteiger partial charge in [-0.2, -0.15) is 13.2 Å². The van der Waals surface area contributed by atoms with Crippen molar-refractivity contribution in [1.29, 1.82) is 0 Å². The highest BCUT2D eigenvalue weighted by Crippen LogP contribution is 2.31. The maximum absolute atomic E-state index is 13.8. The first-order valence-corrected chi connectivity index (χ1v) is 7.31. The Hall–Kier alpha value is -2.10. The molecule has 1 atom stereocenters. The van der Waals surface area contributed by atoms with Gasteiger partial charge in [0, 0.05) is 18.0 Å². The largest absolute Gasteiger partial charge is 0.408 e. The molecule has 0 bridgehead atoms. The zero-order valence-corrected chi connectivity index (χ0v) is 12.5. The van der Waals surface area contributed by atoms with Crippen molar-refractivity contribution in [2.45, 2.75) is 31.6 Å². The van der Waals surface area contributed by atoms with E-state index in [1.807, 2.05) is 0 Å². The van der Waals surface area contributed by atoms with Gasteiger partial charge < -0.3 is 0 Å². The van der Waals surface area contributed by atoms with Crippen LogP contribution in [0.15, 0.2) is 18.2 Å². The highest BCUT2D eigenvalue weighted by Gasteiger charge is 2.32. The molecule has 0 saturated carbocycles. The number of alkyl halides is 3. The van der Waals surface area contributed by atoms with E-state index < -0.39 is 24.4 Å². The summed E-state index contributed by atoms with van der Waals surface area (Å²) in [4.78, 5) is 1.79. The van der Waals surface area contributed by atoms with Gasteiger partial charge in [-0.05, 0) is 35.5 Å². The number of nitrogens with zero attached hydrogens (tertiary/aromatic N) is 5. The molecule has 10 heteroatoms. The fourth-order valence-electron chi connectivity index (χ4n) is 2.94. The van der Waals surface area contributed by atoms with E-state index in [2.05, 4.69) is 15.5 Å². The van der Waals surface area contributed by atoms with Gasteiger partial charge in [0.1, 0.15) is 18.2 Å². The molecule has 1 saturated heterocycles. The second kappa shape index (κ2) is 6.42.